The van der Waals surface area contributed by atoms with Crippen LogP contribution in [0.15, 0.2) is 34.9 Å². The van der Waals surface area contributed by atoms with Crippen molar-refractivity contribution in [2.75, 3.05) is 0 Å². The van der Waals surface area contributed by atoms with Gasteiger partial charge in [0, 0.05) is 10.7 Å². The number of aryl methyl sites for hydroxylation is 1. The average molecular weight is 337 g/mol. The Balaban J connectivity index is 2.02. The summed E-state index contributed by atoms with van der Waals surface area (Å²) in [5.41, 5.74) is 2.10. The van der Waals surface area contributed by atoms with Gasteiger partial charge >= 0.3 is 0 Å². The Bertz CT molecular complexity index is 561. The average Bonchev–Trinajstić information content (AvgIpc) is 2.90. The van der Waals surface area contributed by atoms with Gasteiger partial charge in [0.25, 0.3) is 0 Å². The van der Waals surface area contributed by atoms with Gasteiger partial charge in [0.1, 0.15) is 12.4 Å². The van der Waals surface area contributed by atoms with Crippen molar-refractivity contribution in [1.29, 1.82) is 0 Å². The zero-order valence-electron chi connectivity index (χ0n) is 12.3. The predicted octanol–water partition coefficient (Wildman–Crippen LogP) is 4.89. The molecule has 0 radical (unpaired) electrons. The van der Waals surface area contributed by atoms with Crippen LogP contribution in [0.25, 0.3) is 0 Å². The number of hydrogen-bond donors (Lipinski definition) is 0. The van der Waals surface area contributed by atoms with Crippen LogP contribution >= 0.6 is 15.9 Å². The molecule has 0 bridgehead atoms. The molecule has 1 heterocycles. The number of nitrogens with zero attached hydrogens (tertiary/aromatic N) is 2. The first-order valence-electron chi connectivity index (χ1n) is 7.07. The van der Waals surface area contributed by atoms with Crippen molar-refractivity contribution in [2.45, 2.75) is 46.3 Å². The minimum Gasteiger partial charge on any atom is -0.487 e. The van der Waals surface area contributed by atoms with Crippen molar-refractivity contribution in [2.24, 2.45) is 0 Å². The third-order valence-electron chi connectivity index (χ3n) is 3.51. The molecule has 0 amide bonds. The molecule has 0 saturated carbocycles. The smallest absolute Gasteiger partial charge is 0.132 e. The number of benzene rings is 1. The normalized spacial score (nSPS) is 11.1. The zero-order valence-corrected chi connectivity index (χ0v) is 13.9. The highest BCUT2D eigenvalue weighted by atomic mass is 79.9. The van der Waals surface area contributed by atoms with Crippen LogP contribution in [-0.2, 0) is 6.61 Å². The molecule has 0 fully saturated rings. The Morgan fingerprint density at radius 3 is 2.70 bits per heavy atom. The van der Waals surface area contributed by atoms with Crippen LogP contribution in [0.5, 0.6) is 5.75 Å². The van der Waals surface area contributed by atoms with Gasteiger partial charge in [-0.25, -0.2) is 0 Å². The summed E-state index contributed by atoms with van der Waals surface area (Å²) in [4.78, 5) is 0. The number of rotatable bonds is 6. The standard InChI is InChI=1S/C16H21BrN2O/c1-4-15(5-2)19-9-8-14(18-19)11-20-16-10-13(17)7-6-12(16)3/h6-10,15H,4-5,11H2,1-3H3. The predicted molar refractivity (Wildman–Crippen MR) is 85.1 cm³/mol. The highest BCUT2D eigenvalue weighted by Crippen LogP contribution is 2.23. The molecule has 4 heteroatoms. The molecule has 0 aliphatic rings. The van der Waals surface area contributed by atoms with E-state index >= 15 is 0 Å². The van der Waals surface area contributed by atoms with Gasteiger partial charge in [-0.15, -0.1) is 0 Å². The number of hydrogen-bond acceptors (Lipinski definition) is 2. The maximum Gasteiger partial charge on any atom is 0.132 e. The van der Waals surface area contributed by atoms with E-state index in [9.17, 15) is 0 Å². The molecule has 1 aromatic carbocycles. The lowest BCUT2D eigenvalue weighted by Gasteiger charge is -2.12. The molecule has 1 aromatic heterocycles. The Labute approximate surface area is 129 Å². The Hall–Kier alpha value is -1.29. The van der Waals surface area contributed by atoms with Crippen LogP contribution in [0.1, 0.15) is 44.0 Å². The SMILES string of the molecule is CCC(CC)n1ccc(COc2cc(Br)ccc2C)n1. The van der Waals surface area contributed by atoms with E-state index in [1.54, 1.807) is 0 Å². The number of aromatic nitrogens is 2. The Kier molecular flexibility index (Phi) is 5.24. The summed E-state index contributed by atoms with van der Waals surface area (Å²) in [5.74, 6) is 0.899. The van der Waals surface area contributed by atoms with E-state index in [4.69, 9.17) is 4.74 Å². The summed E-state index contributed by atoms with van der Waals surface area (Å²) in [6.07, 6.45) is 4.25. The number of halogens is 1. The summed E-state index contributed by atoms with van der Waals surface area (Å²) in [6, 6.07) is 8.57. The van der Waals surface area contributed by atoms with Crippen LogP contribution in [0.4, 0.5) is 0 Å². The topological polar surface area (TPSA) is 27.1 Å². The van der Waals surface area contributed by atoms with Crippen molar-refractivity contribution in [3.05, 3.63) is 46.2 Å². The minimum atomic E-state index is 0.483. The first kappa shape index (κ1) is 15.1. The van der Waals surface area contributed by atoms with Gasteiger partial charge in [-0.3, -0.25) is 4.68 Å². The molecular weight excluding hydrogens is 316 g/mol. The molecular formula is C16H21BrN2O. The molecule has 0 unspecified atom stereocenters. The molecule has 20 heavy (non-hydrogen) atoms. The lowest BCUT2D eigenvalue weighted by Crippen LogP contribution is -2.08. The molecule has 0 spiro atoms. The largest absolute Gasteiger partial charge is 0.487 e. The lowest BCUT2D eigenvalue weighted by atomic mass is 10.2. The van der Waals surface area contributed by atoms with Gasteiger partial charge in [0.15, 0.2) is 0 Å². The molecule has 0 aliphatic carbocycles. The molecule has 2 rings (SSSR count). The second-order valence-corrected chi connectivity index (χ2v) is 5.87. The van der Waals surface area contributed by atoms with Gasteiger partial charge in [0.05, 0.1) is 11.7 Å². The van der Waals surface area contributed by atoms with Crippen LogP contribution < -0.4 is 4.74 Å². The lowest BCUT2D eigenvalue weighted by molar-refractivity contribution is 0.295. The fourth-order valence-corrected chi connectivity index (χ4v) is 2.54. The summed E-state index contributed by atoms with van der Waals surface area (Å²) < 4.78 is 8.93. The molecule has 0 aliphatic heterocycles. The van der Waals surface area contributed by atoms with Crippen LogP contribution in [0, 0.1) is 6.92 Å². The number of ether oxygens (including phenoxy) is 1. The zero-order chi connectivity index (χ0) is 14.5. The second kappa shape index (κ2) is 6.93. The Morgan fingerprint density at radius 1 is 1.25 bits per heavy atom. The molecule has 0 saturated heterocycles. The highest BCUT2D eigenvalue weighted by Gasteiger charge is 2.08. The van der Waals surface area contributed by atoms with Gasteiger partial charge < -0.3 is 4.74 Å². The first-order valence-corrected chi connectivity index (χ1v) is 7.86. The van der Waals surface area contributed by atoms with Crippen LogP contribution in [0.2, 0.25) is 0 Å². The highest BCUT2D eigenvalue weighted by molar-refractivity contribution is 9.10. The first-order chi connectivity index (χ1) is 9.63. The third-order valence-corrected chi connectivity index (χ3v) is 4.00. The minimum absolute atomic E-state index is 0.483. The summed E-state index contributed by atoms with van der Waals surface area (Å²) in [5, 5.41) is 4.60. The van der Waals surface area contributed by atoms with Gasteiger partial charge in [-0.05, 0) is 43.5 Å². The molecule has 0 N–H and O–H groups in total. The van der Waals surface area contributed by atoms with Gasteiger partial charge in [-0.1, -0.05) is 35.8 Å². The maximum atomic E-state index is 5.86. The van der Waals surface area contributed by atoms with Crippen molar-refractivity contribution in [3.8, 4) is 5.75 Å². The van der Waals surface area contributed by atoms with E-state index < -0.39 is 0 Å². The van der Waals surface area contributed by atoms with E-state index in [-0.39, 0.29) is 0 Å². The second-order valence-electron chi connectivity index (χ2n) is 4.96. The van der Waals surface area contributed by atoms with E-state index in [1.165, 1.54) is 0 Å². The van der Waals surface area contributed by atoms with E-state index in [1.807, 2.05) is 42.1 Å². The molecule has 108 valence electrons. The Morgan fingerprint density at radius 2 is 2.00 bits per heavy atom. The van der Waals surface area contributed by atoms with Crippen molar-refractivity contribution in [1.82, 2.24) is 9.78 Å². The monoisotopic (exact) mass is 336 g/mol. The molecule has 2 aromatic rings. The van der Waals surface area contributed by atoms with Gasteiger partial charge in [0.2, 0.25) is 0 Å². The van der Waals surface area contributed by atoms with E-state index in [0.29, 0.717) is 12.6 Å². The van der Waals surface area contributed by atoms with E-state index in [2.05, 4.69) is 34.9 Å². The van der Waals surface area contributed by atoms with Crippen molar-refractivity contribution >= 4 is 15.9 Å². The molecule has 0 atom stereocenters. The summed E-state index contributed by atoms with van der Waals surface area (Å²) >= 11 is 3.46. The maximum absolute atomic E-state index is 5.86. The molecule has 3 nitrogen and oxygen atoms in total. The fourth-order valence-electron chi connectivity index (χ4n) is 2.20. The van der Waals surface area contributed by atoms with Crippen LogP contribution in [-0.4, -0.2) is 9.78 Å². The van der Waals surface area contributed by atoms with E-state index in [0.717, 1.165) is 34.3 Å². The van der Waals surface area contributed by atoms with Crippen LogP contribution in [0.3, 0.4) is 0 Å². The van der Waals surface area contributed by atoms with Crippen molar-refractivity contribution in [3.63, 3.8) is 0 Å². The van der Waals surface area contributed by atoms with Gasteiger partial charge in [-0.2, -0.15) is 5.10 Å². The fraction of sp³-hybridized carbons (Fsp3) is 0.438. The summed E-state index contributed by atoms with van der Waals surface area (Å²) in [6.45, 7) is 6.93. The summed E-state index contributed by atoms with van der Waals surface area (Å²) in [7, 11) is 0. The quantitative estimate of drug-likeness (QED) is 0.750. The van der Waals surface area contributed by atoms with Crippen molar-refractivity contribution < 1.29 is 4.74 Å². The third kappa shape index (κ3) is 3.63.